The molecule has 1 heterocycles. The van der Waals surface area contributed by atoms with Crippen LogP contribution in [0.1, 0.15) is 16.7 Å². The normalized spacial score (nSPS) is 10.2. The lowest BCUT2D eigenvalue weighted by Crippen LogP contribution is -1.82. The molecule has 0 aliphatic rings. The van der Waals surface area contributed by atoms with E-state index in [9.17, 15) is 0 Å². The largest absolute Gasteiger partial charge is 0.360 e. The Bertz CT molecular complexity index is 501. The first kappa shape index (κ1) is 7.88. The summed E-state index contributed by atoms with van der Waals surface area (Å²) in [6.07, 6.45) is 1.76. The first-order valence-corrected chi connectivity index (χ1v) is 4.21. The van der Waals surface area contributed by atoms with Gasteiger partial charge in [-0.2, -0.15) is 5.26 Å². The van der Waals surface area contributed by atoms with Crippen LogP contribution in [0.4, 0.5) is 0 Å². The molecule has 0 bridgehead atoms. The van der Waals surface area contributed by atoms with E-state index < -0.39 is 0 Å². The Morgan fingerprint density at radius 3 is 2.77 bits per heavy atom. The minimum atomic E-state index is 0.733. The quantitative estimate of drug-likeness (QED) is 0.648. The van der Waals surface area contributed by atoms with E-state index in [0.29, 0.717) is 0 Å². The first-order chi connectivity index (χ1) is 6.24. The summed E-state index contributed by atoms with van der Waals surface area (Å²) in [4.78, 5) is 3.08. The van der Waals surface area contributed by atoms with Gasteiger partial charge in [0.05, 0.1) is 5.56 Å². The molecule has 1 aromatic heterocycles. The summed E-state index contributed by atoms with van der Waals surface area (Å²) < 4.78 is 0. The van der Waals surface area contributed by atoms with E-state index in [1.54, 1.807) is 6.20 Å². The molecule has 0 saturated carbocycles. The van der Waals surface area contributed by atoms with E-state index in [1.807, 2.05) is 13.0 Å². The third-order valence-electron chi connectivity index (χ3n) is 2.50. The van der Waals surface area contributed by atoms with E-state index in [4.69, 9.17) is 5.26 Å². The first-order valence-electron chi connectivity index (χ1n) is 4.21. The SMILES string of the molecule is Cc1ccc2[nH]cc(C#N)c2c1C. The van der Waals surface area contributed by atoms with Gasteiger partial charge in [0.25, 0.3) is 0 Å². The van der Waals surface area contributed by atoms with Gasteiger partial charge in [0.15, 0.2) is 0 Å². The maximum Gasteiger partial charge on any atom is 0.101 e. The molecule has 0 spiro atoms. The van der Waals surface area contributed by atoms with Crippen molar-refractivity contribution in [3.63, 3.8) is 0 Å². The fraction of sp³-hybridized carbons (Fsp3) is 0.182. The van der Waals surface area contributed by atoms with Gasteiger partial charge in [0, 0.05) is 17.1 Å². The number of H-pyrrole nitrogens is 1. The van der Waals surface area contributed by atoms with Crippen LogP contribution in [0.2, 0.25) is 0 Å². The number of nitrogens with one attached hydrogen (secondary N) is 1. The second-order valence-electron chi connectivity index (χ2n) is 3.24. The fourth-order valence-electron chi connectivity index (χ4n) is 1.59. The molecular formula is C11H10N2. The van der Waals surface area contributed by atoms with Crippen molar-refractivity contribution < 1.29 is 0 Å². The van der Waals surface area contributed by atoms with Crippen molar-refractivity contribution in [3.8, 4) is 6.07 Å². The maximum atomic E-state index is 8.87. The van der Waals surface area contributed by atoms with Gasteiger partial charge in [0.1, 0.15) is 6.07 Å². The number of nitrogens with zero attached hydrogens (tertiary/aromatic N) is 1. The highest BCUT2D eigenvalue weighted by Gasteiger charge is 2.06. The van der Waals surface area contributed by atoms with Crippen molar-refractivity contribution in [1.29, 1.82) is 5.26 Å². The lowest BCUT2D eigenvalue weighted by atomic mass is 10.0. The molecule has 13 heavy (non-hydrogen) atoms. The zero-order valence-electron chi connectivity index (χ0n) is 7.68. The number of benzene rings is 1. The van der Waals surface area contributed by atoms with E-state index >= 15 is 0 Å². The Hall–Kier alpha value is -1.75. The Balaban J connectivity index is 2.95. The van der Waals surface area contributed by atoms with Gasteiger partial charge < -0.3 is 4.98 Å². The third kappa shape index (κ3) is 1.01. The summed E-state index contributed by atoms with van der Waals surface area (Å²) in [6, 6.07) is 6.26. The summed E-state index contributed by atoms with van der Waals surface area (Å²) in [7, 11) is 0. The number of fused-ring (bicyclic) bond motifs is 1. The molecule has 0 radical (unpaired) electrons. The van der Waals surface area contributed by atoms with Crippen LogP contribution in [-0.2, 0) is 0 Å². The second-order valence-corrected chi connectivity index (χ2v) is 3.24. The summed E-state index contributed by atoms with van der Waals surface area (Å²) in [5, 5.41) is 9.93. The number of rotatable bonds is 0. The smallest absolute Gasteiger partial charge is 0.101 e. The van der Waals surface area contributed by atoms with Crippen LogP contribution in [0.5, 0.6) is 0 Å². The summed E-state index contributed by atoms with van der Waals surface area (Å²) >= 11 is 0. The molecule has 0 fully saturated rings. The predicted octanol–water partition coefficient (Wildman–Crippen LogP) is 2.66. The van der Waals surface area contributed by atoms with Crippen molar-refractivity contribution in [2.24, 2.45) is 0 Å². The third-order valence-corrected chi connectivity index (χ3v) is 2.50. The van der Waals surface area contributed by atoms with Gasteiger partial charge in [-0.25, -0.2) is 0 Å². The molecule has 64 valence electrons. The number of hydrogen-bond donors (Lipinski definition) is 1. The van der Waals surface area contributed by atoms with Gasteiger partial charge in [-0.3, -0.25) is 0 Å². The molecule has 2 aromatic rings. The molecule has 1 aromatic carbocycles. The van der Waals surface area contributed by atoms with E-state index in [1.165, 1.54) is 11.1 Å². The van der Waals surface area contributed by atoms with Crippen LogP contribution in [-0.4, -0.2) is 4.98 Å². The molecule has 0 atom stereocenters. The van der Waals surface area contributed by atoms with Crippen LogP contribution in [0.3, 0.4) is 0 Å². The average molecular weight is 170 g/mol. The van der Waals surface area contributed by atoms with E-state index in [0.717, 1.165) is 16.5 Å². The Labute approximate surface area is 76.8 Å². The summed E-state index contributed by atoms with van der Waals surface area (Å²) in [5.41, 5.74) is 4.19. The number of aromatic nitrogens is 1. The molecule has 0 saturated heterocycles. The molecule has 1 N–H and O–H groups in total. The summed E-state index contributed by atoms with van der Waals surface area (Å²) in [5.74, 6) is 0. The molecule has 2 rings (SSSR count). The van der Waals surface area contributed by atoms with Crippen LogP contribution in [0.25, 0.3) is 10.9 Å². The lowest BCUT2D eigenvalue weighted by Gasteiger charge is -2.00. The number of nitriles is 1. The maximum absolute atomic E-state index is 8.87. The molecule has 0 amide bonds. The van der Waals surface area contributed by atoms with Crippen LogP contribution in [0.15, 0.2) is 18.3 Å². The second kappa shape index (κ2) is 2.63. The molecular weight excluding hydrogens is 160 g/mol. The Morgan fingerprint density at radius 2 is 2.08 bits per heavy atom. The lowest BCUT2D eigenvalue weighted by molar-refractivity contribution is 1.37. The van der Waals surface area contributed by atoms with Gasteiger partial charge in [-0.1, -0.05) is 6.07 Å². The van der Waals surface area contributed by atoms with Gasteiger partial charge >= 0.3 is 0 Å². The van der Waals surface area contributed by atoms with Crippen molar-refractivity contribution in [2.45, 2.75) is 13.8 Å². The highest BCUT2D eigenvalue weighted by molar-refractivity contribution is 5.89. The monoisotopic (exact) mass is 170 g/mol. The zero-order valence-corrected chi connectivity index (χ0v) is 7.68. The van der Waals surface area contributed by atoms with E-state index in [-0.39, 0.29) is 0 Å². The van der Waals surface area contributed by atoms with Crippen molar-refractivity contribution in [1.82, 2.24) is 4.98 Å². The van der Waals surface area contributed by atoms with Crippen LogP contribution >= 0.6 is 0 Å². The molecule has 2 nitrogen and oxygen atoms in total. The number of aryl methyl sites for hydroxylation is 2. The van der Waals surface area contributed by atoms with Gasteiger partial charge in [-0.15, -0.1) is 0 Å². The fourth-order valence-corrected chi connectivity index (χ4v) is 1.59. The molecule has 2 heteroatoms. The Morgan fingerprint density at radius 1 is 1.31 bits per heavy atom. The van der Waals surface area contributed by atoms with Gasteiger partial charge in [0.2, 0.25) is 0 Å². The van der Waals surface area contributed by atoms with E-state index in [2.05, 4.69) is 24.0 Å². The highest BCUT2D eigenvalue weighted by Crippen LogP contribution is 2.23. The average Bonchev–Trinajstić information content (AvgIpc) is 2.55. The highest BCUT2D eigenvalue weighted by atomic mass is 14.7. The van der Waals surface area contributed by atoms with Crippen LogP contribution in [0, 0.1) is 25.2 Å². The van der Waals surface area contributed by atoms with Gasteiger partial charge in [-0.05, 0) is 31.0 Å². The summed E-state index contributed by atoms with van der Waals surface area (Å²) in [6.45, 7) is 4.11. The molecule has 0 aliphatic carbocycles. The van der Waals surface area contributed by atoms with Crippen molar-refractivity contribution >= 4 is 10.9 Å². The van der Waals surface area contributed by atoms with Crippen LogP contribution < -0.4 is 0 Å². The standard InChI is InChI=1S/C11H10N2/c1-7-3-4-10-11(8(7)2)9(5-12)6-13-10/h3-4,6,13H,1-2H3. The minimum absolute atomic E-state index is 0.733. The minimum Gasteiger partial charge on any atom is -0.360 e. The number of aromatic amines is 1. The van der Waals surface area contributed by atoms with Crippen molar-refractivity contribution in [2.75, 3.05) is 0 Å². The predicted molar refractivity (Wildman–Crippen MR) is 52.5 cm³/mol. The topological polar surface area (TPSA) is 39.6 Å². The molecule has 0 aliphatic heterocycles. The van der Waals surface area contributed by atoms with Crippen molar-refractivity contribution in [3.05, 3.63) is 35.0 Å². The Kier molecular flexibility index (Phi) is 1.60. The molecule has 0 unspecified atom stereocenters. The number of hydrogen-bond acceptors (Lipinski definition) is 1. The zero-order chi connectivity index (χ0) is 9.42.